The highest BCUT2D eigenvalue weighted by Gasteiger charge is 2.08. The maximum absolute atomic E-state index is 12.3. The molecule has 3 heteroatoms. The summed E-state index contributed by atoms with van der Waals surface area (Å²) in [5.74, 6) is 0.399. The Hall–Kier alpha value is -2.52. The lowest BCUT2D eigenvalue weighted by Gasteiger charge is -2.11. The van der Waals surface area contributed by atoms with Gasteiger partial charge < -0.3 is 5.32 Å². The highest BCUT2D eigenvalue weighted by Crippen LogP contribution is 2.28. The third-order valence-corrected chi connectivity index (χ3v) is 4.69. The molecule has 0 atom stereocenters. The second kappa shape index (κ2) is 7.84. The van der Waals surface area contributed by atoms with Crippen LogP contribution in [-0.2, 0) is 4.79 Å². The van der Waals surface area contributed by atoms with Crippen molar-refractivity contribution in [1.82, 2.24) is 0 Å². The minimum Gasteiger partial charge on any atom is -0.325 e. The van der Waals surface area contributed by atoms with Crippen molar-refractivity contribution in [2.24, 2.45) is 0 Å². The van der Waals surface area contributed by atoms with Gasteiger partial charge in [-0.15, -0.1) is 11.8 Å². The molecule has 0 aromatic heterocycles. The first-order chi connectivity index (χ1) is 11.7. The fourth-order valence-corrected chi connectivity index (χ4v) is 3.13. The van der Waals surface area contributed by atoms with E-state index in [9.17, 15) is 4.79 Å². The first-order valence-electron chi connectivity index (χ1n) is 7.86. The molecule has 3 rings (SSSR count). The molecule has 1 N–H and O–H groups in total. The Morgan fingerprint density at radius 3 is 2.29 bits per heavy atom. The fourth-order valence-electron chi connectivity index (χ4n) is 2.43. The molecule has 3 aromatic rings. The number of hydrogen-bond donors (Lipinski definition) is 1. The van der Waals surface area contributed by atoms with E-state index >= 15 is 0 Å². The Labute approximate surface area is 146 Å². The quantitative estimate of drug-likeness (QED) is 0.634. The van der Waals surface area contributed by atoms with E-state index in [1.165, 1.54) is 5.56 Å². The third-order valence-electron chi connectivity index (χ3n) is 3.68. The van der Waals surface area contributed by atoms with E-state index in [1.54, 1.807) is 11.8 Å². The number of amides is 1. The molecule has 1 amide bonds. The molecule has 0 fully saturated rings. The van der Waals surface area contributed by atoms with Crippen LogP contribution < -0.4 is 5.32 Å². The van der Waals surface area contributed by atoms with Crippen LogP contribution in [0.25, 0.3) is 11.1 Å². The summed E-state index contributed by atoms with van der Waals surface area (Å²) in [6, 6.07) is 26.2. The molecule has 0 bridgehead atoms. The average molecular weight is 333 g/mol. The molecule has 0 aliphatic carbocycles. The van der Waals surface area contributed by atoms with E-state index in [2.05, 4.69) is 24.4 Å². The molecule has 0 unspecified atom stereocenters. The number of aryl methyl sites for hydroxylation is 1. The van der Waals surface area contributed by atoms with Crippen LogP contribution in [0.5, 0.6) is 0 Å². The van der Waals surface area contributed by atoms with Gasteiger partial charge in [-0.2, -0.15) is 0 Å². The van der Waals surface area contributed by atoms with Crippen molar-refractivity contribution in [1.29, 1.82) is 0 Å². The molecule has 3 aromatic carbocycles. The van der Waals surface area contributed by atoms with Gasteiger partial charge in [0.15, 0.2) is 0 Å². The minimum absolute atomic E-state index is 0.00366. The van der Waals surface area contributed by atoms with Gasteiger partial charge in [0.2, 0.25) is 5.91 Å². The lowest BCUT2D eigenvalue weighted by atomic mass is 10.0. The van der Waals surface area contributed by atoms with Crippen LogP contribution in [0.2, 0.25) is 0 Å². The van der Waals surface area contributed by atoms with Gasteiger partial charge in [-0.25, -0.2) is 0 Å². The summed E-state index contributed by atoms with van der Waals surface area (Å²) < 4.78 is 0. The number of thioether (sulfide) groups is 1. The standard InChI is InChI=1S/C21H19NOS/c1-16-11-13-18(14-12-16)24-15-21(23)22-20-10-6-5-9-19(20)17-7-3-2-4-8-17/h2-14H,15H2,1H3,(H,22,23). The van der Waals surface area contributed by atoms with E-state index in [0.29, 0.717) is 5.75 Å². The molecule has 24 heavy (non-hydrogen) atoms. The van der Waals surface area contributed by atoms with Crippen molar-refractivity contribution >= 4 is 23.4 Å². The predicted molar refractivity (Wildman–Crippen MR) is 102 cm³/mol. The van der Waals surface area contributed by atoms with Gasteiger partial charge in [0.25, 0.3) is 0 Å². The summed E-state index contributed by atoms with van der Waals surface area (Å²) >= 11 is 1.55. The van der Waals surface area contributed by atoms with E-state index in [1.807, 2.05) is 66.7 Å². The summed E-state index contributed by atoms with van der Waals surface area (Å²) in [5, 5.41) is 3.03. The maximum atomic E-state index is 12.3. The SMILES string of the molecule is Cc1ccc(SCC(=O)Nc2ccccc2-c2ccccc2)cc1. The second-order valence-corrected chi connectivity index (χ2v) is 6.61. The van der Waals surface area contributed by atoms with Crippen molar-refractivity contribution in [3.05, 3.63) is 84.4 Å². The van der Waals surface area contributed by atoms with Crippen LogP contribution in [0.1, 0.15) is 5.56 Å². The van der Waals surface area contributed by atoms with Gasteiger partial charge >= 0.3 is 0 Å². The zero-order valence-electron chi connectivity index (χ0n) is 13.5. The minimum atomic E-state index is 0.00366. The van der Waals surface area contributed by atoms with Gasteiger partial charge in [0.05, 0.1) is 5.75 Å². The topological polar surface area (TPSA) is 29.1 Å². The average Bonchev–Trinajstić information content (AvgIpc) is 2.62. The van der Waals surface area contributed by atoms with E-state index in [0.717, 1.165) is 21.7 Å². The van der Waals surface area contributed by atoms with Crippen LogP contribution >= 0.6 is 11.8 Å². The molecule has 0 saturated carbocycles. The molecule has 0 aliphatic heterocycles. The number of hydrogen-bond acceptors (Lipinski definition) is 2. The van der Waals surface area contributed by atoms with Gasteiger partial charge in [-0.3, -0.25) is 4.79 Å². The van der Waals surface area contributed by atoms with Crippen molar-refractivity contribution in [2.75, 3.05) is 11.1 Å². The van der Waals surface area contributed by atoms with Crippen LogP contribution in [0.15, 0.2) is 83.8 Å². The fraction of sp³-hybridized carbons (Fsp3) is 0.0952. The monoisotopic (exact) mass is 333 g/mol. The number of para-hydroxylation sites is 1. The zero-order chi connectivity index (χ0) is 16.8. The van der Waals surface area contributed by atoms with Gasteiger partial charge in [-0.05, 0) is 30.7 Å². The predicted octanol–water partition coefficient (Wildman–Crippen LogP) is 5.39. The molecule has 0 saturated heterocycles. The molecule has 120 valence electrons. The first kappa shape index (κ1) is 16.3. The summed E-state index contributed by atoms with van der Waals surface area (Å²) in [6.07, 6.45) is 0. The van der Waals surface area contributed by atoms with Crippen LogP contribution in [0.3, 0.4) is 0 Å². The Kier molecular flexibility index (Phi) is 5.34. The molecular weight excluding hydrogens is 314 g/mol. The molecule has 0 radical (unpaired) electrons. The Morgan fingerprint density at radius 2 is 1.54 bits per heavy atom. The third kappa shape index (κ3) is 4.27. The molecular formula is C21H19NOS. The van der Waals surface area contributed by atoms with Gasteiger partial charge in [-0.1, -0.05) is 66.2 Å². The highest BCUT2D eigenvalue weighted by atomic mass is 32.2. The second-order valence-electron chi connectivity index (χ2n) is 5.56. The number of carbonyl (C=O) groups excluding carboxylic acids is 1. The van der Waals surface area contributed by atoms with E-state index < -0.39 is 0 Å². The summed E-state index contributed by atoms with van der Waals surface area (Å²) in [5.41, 5.74) is 4.20. The van der Waals surface area contributed by atoms with E-state index in [4.69, 9.17) is 0 Å². The lowest BCUT2D eigenvalue weighted by molar-refractivity contribution is -0.113. The molecule has 2 nitrogen and oxygen atoms in total. The van der Waals surface area contributed by atoms with E-state index in [-0.39, 0.29) is 5.91 Å². The first-order valence-corrected chi connectivity index (χ1v) is 8.85. The van der Waals surface area contributed by atoms with Crippen molar-refractivity contribution < 1.29 is 4.79 Å². The zero-order valence-corrected chi connectivity index (χ0v) is 14.3. The smallest absolute Gasteiger partial charge is 0.234 e. The highest BCUT2D eigenvalue weighted by molar-refractivity contribution is 8.00. The molecule has 0 aliphatic rings. The number of nitrogens with one attached hydrogen (secondary N) is 1. The number of carbonyl (C=O) groups is 1. The summed E-state index contributed by atoms with van der Waals surface area (Å²) in [7, 11) is 0. The van der Waals surface area contributed by atoms with Crippen LogP contribution in [-0.4, -0.2) is 11.7 Å². The molecule has 0 heterocycles. The number of benzene rings is 3. The van der Waals surface area contributed by atoms with Gasteiger partial charge in [0, 0.05) is 16.1 Å². The van der Waals surface area contributed by atoms with Gasteiger partial charge in [0.1, 0.15) is 0 Å². The summed E-state index contributed by atoms with van der Waals surface area (Å²) in [4.78, 5) is 13.4. The largest absolute Gasteiger partial charge is 0.325 e. The van der Waals surface area contributed by atoms with Crippen molar-refractivity contribution in [2.45, 2.75) is 11.8 Å². The Bertz CT molecular complexity index is 813. The normalized spacial score (nSPS) is 10.4. The lowest BCUT2D eigenvalue weighted by Crippen LogP contribution is -2.14. The number of rotatable bonds is 5. The van der Waals surface area contributed by atoms with Crippen LogP contribution in [0.4, 0.5) is 5.69 Å². The van der Waals surface area contributed by atoms with Crippen molar-refractivity contribution in [3.8, 4) is 11.1 Å². The van der Waals surface area contributed by atoms with Crippen molar-refractivity contribution in [3.63, 3.8) is 0 Å². The summed E-state index contributed by atoms with van der Waals surface area (Å²) in [6.45, 7) is 2.06. The number of anilines is 1. The molecule has 0 spiro atoms. The van der Waals surface area contributed by atoms with Crippen LogP contribution in [0, 0.1) is 6.92 Å². The maximum Gasteiger partial charge on any atom is 0.234 e. The Morgan fingerprint density at radius 1 is 0.875 bits per heavy atom. The Balaban J connectivity index is 1.67.